The van der Waals surface area contributed by atoms with Crippen LogP contribution in [0.2, 0.25) is 0 Å². The van der Waals surface area contributed by atoms with Crippen LogP contribution >= 0.6 is 0 Å². The molecule has 4 rings (SSSR count). The second-order valence-corrected chi connectivity index (χ2v) is 9.67. The monoisotopic (exact) mass is 436 g/mol. The van der Waals surface area contributed by atoms with Crippen molar-refractivity contribution in [3.8, 4) is 11.5 Å². The van der Waals surface area contributed by atoms with Crippen LogP contribution in [-0.4, -0.2) is 25.8 Å². The first-order chi connectivity index (χ1) is 15.1. The lowest BCUT2D eigenvalue weighted by Gasteiger charge is -2.25. The summed E-state index contributed by atoms with van der Waals surface area (Å²) in [6.45, 7) is 12.4. The number of carbonyl (C=O) groups excluding carboxylic acids is 2. The van der Waals surface area contributed by atoms with E-state index < -0.39 is 0 Å². The van der Waals surface area contributed by atoms with E-state index in [0.717, 1.165) is 57.7 Å². The minimum Gasteiger partial charge on any atom is -0.496 e. The summed E-state index contributed by atoms with van der Waals surface area (Å²) >= 11 is 0. The summed E-state index contributed by atoms with van der Waals surface area (Å²) in [5.41, 5.74) is 8.52. The van der Waals surface area contributed by atoms with E-state index in [1.54, 1.807) is 14.2 Å². The fraction of sp³-hybridized carbons (Fsp3) is 0.500. The minimum absolute atomic E-state index is 0.234. The molecular formula is C28H36O4. The highest BCUT2D eigenvalue weighted by atomic mass is 16.5. The zero-order valence-electron chi connectivity index (χ0n) is 20.8. The highest BCUT2D eigenvalue weighted by Crippen LogP contribution is 2.37. The number of hydrogen-bond acceptors (Lipinski definition) is 4. The van der Waals surface area contributed by atoms with E-state index >= 15 is 0 Å². The molecule has 4 heteroatoms. The summed E-state index contributed by atoms with van der Waals surface area (Å²) in [7, 11) is 3.32. The third kappa shape index (κ3) is 4.46. The minimum atomic E-state index is 0.234. The molecule has 0 fully saturated rings. The molecule has 0 aromatic heterocycles. The maximum absolute atomic E-state index is 12.1. The highest BCUT2D eigenvalue weighted by Gasteiger charge is 2.29. The van der Waals surface area contributed by atoms with E-state index in [9.17, 15) is 9.59 Å². The van der Waals surface area contributed by atoms with Crippen molar-refractivity contribution in [2.45, 2.75) is 67.2 Å². The van der Waals surface area contributed by atoms with Crippen LogP contribution in [0.4, 0.5) is 0 Å². The van der Waals surface area contributed by atoms with Gasteiger partial charge >= 0.3 is 0 Å². The molecule has 2 aliphatic rings. The number of ether oxygens (including phenoxy) is 2. The van der Waals surface area contributed by atoms with Crippen molar-refractivity contribution in [1.29, 1.82) is 0 Å². The Hall–Kier alpha value is -2.62. The SMILES string of the molecule is COc1c(C)cc(C)c2c1C(=O)CC(C)C2.COc1c(C)cc(C)c2c1CC(C)CC2=O. The van der Waals surface area contributed by atoms with Gasteiger partial charge in [-0.2, -0.15) is 0 Å². The Balaban J connectivity index is 0.000000181. The van der Waals surface area contributed by atoms with Crippen molar-refractivity contribution in [3.05, 3.63) is 56.6 Å². The molecular weight excluding hydrogens is 400 g/mol. The van der Waals surface area contributed by atoms with Crippen molar-refractivity contribution < 1.29 is 19.1 Å². The first-order valence-electron chi connectivity index (χ1n) is 11.5. The lowest BCUT2D eigenvalue weighted by atomic mass is 9.80. The zero-order chi connectivity index (χ0) is 23.7. The molecule has 32 heavy (non-hydrogen) atoms. The van der Waals surface area contributed by atoms with Crippen LogP contribution in [0.1, 0.15) is 80.8 Å². The summed E-state index contributed by atoms with van der Waals surface area (Å²) in [5, 5.41) is 0. The van der Waals surface area contributed by atoms with Gasteiger partial charge in [-0.15, -0.1) is 0 Å². The van der Waals surface area contributed by atoms with E-state index in [1.165, 1.54) is 11.1 Å². The number of methoxy groups -OCH3 is 2. The second kappa shape index (κ2) is 9.48. The maximum Gasteiger partial charge on any atom is 0.167 e. The van der Waals surface area contributed by atoms with Gasteiger partial charge in [0.2, 0.25) is 0 Å². The van der Waals surface area contributed by atoms with Crippen LogP contribution in [0.25, 0.3) is 0 Å². The van der Waals surface area contributed by atoms with Gasteiger partial charge in [0.1, 0.15) is 11.5 Å². The van der Waals surface area contributed by atoms with Gasteiger partial charge in [0, 0.05) is 24.0 Å². The topological polar surface area (TPSA) is 52.6 Å². The van der Waals surface area contributed by atoms with Crippen molar-refractivity contribution in [2.24, 2.45) is 11.8 Å². The summed E-state index contributed by atoms with van der Waals surface area (Å²) in [5.74, 6) is 3.06. The zero-order valence-corrected chi connectivity index (χ0v) is 20.8. The average molecular weight is 437 g/mol. The molecule has 0 bridgehead atoms. The van der Waals surface area contributed by atoms with Gasteiger partial charge < -0.3 is 9.47 Å². The molecule has 0 aliphatic heterocycles. The lowest BCUT2D eigenvalue weighted by Crippen LogP contribution is -2.20. The number of benzene rings is 2. The first kappa shape index (κ1) is 24.0. The van der Waals surface area contributed by atoms with Crippen molar-refractivity contribution in [2.75, 3.05) is 14.2 Å². The van der Waals surface area contributed by atoms with Crippen LogP contribution in [0, 0.1) is 39.5 Å². The third-order valence-electron chi connectivity index (χ3n) is 6.70. The smallest absolute Gasteiger partial charge is 0.167 e. The second-order valence-electron chi connectivity index (χ2n) is 9.67. The quantitative estimate of drug-likeness (QED) is 0.566. The molecule has 2 aromatic carbocycles. The van der Waals surface area contributed by atoms with Crippen LogP contribution < -0.4 is 9.47 Å². The van der Waals surface area contributed by atoms with Crippen LogP contribution in [0.15, 0.2) is 12.1 Å². The molecule has 172 valence electrons. The van der Waals surface area contributed by atoms with E-state index in [1.807, 2.05) is 26.8 Å². The summed E-state index contributed by atoms with van der Waals surface area (Å²) in [6.07, 6.45) is 3.25. The highest BCUT2D eigenvalue weighted by molar-refractivity contribution is 6.02. The Bertz CT molecular complexity index is 1060. The van der Waals surface area contributed by atoms with E-state index in [4.69, 9.17) is 9.47 Å². The van der Waals surface area contributed by atoms with E-state index in [2.05, 4.69) is 26.8 Å². The van der Waals surface area contributed by atoms with Gasteiger partial charge in [0.15, 0.2) is 11.6 Å². The van der Waals surface area contributed by atoms with Crippen molar-refractivity contribution in [1.82, 2.24) is 0 Å². The van der Waals surface area contributed by atoms with Gasteiger partial charge in [-0.1, -0.05) is 26.0 Å². The van der Waals surface area contributed by atoms with Gasteiger partial charge in [-0.3, -0.25) is 9.59 Å². The Morgan fingerprint density at radius 1 is 0.625 bits per heavy atom. The van der Waals surface area contributed by atoms with Crippen molar-refractivity contribution in [3.63, 3.8) is 0 Å². The van der Waals surface area contributed by atoms with Gasteiger partial charge in [0.25, 0.3) is 0 Å². The Labute approximate surface area is 192 Å². The fourth-order valence-corrected chi connectivity index (χ4v) is 5.43. The number of rotatable bonds is 2. The predicted octanol–water partition coefficient (Wildman–Crippen LogP) is 6.15. The molecule has 0 saturated carbocycles. The molecule has 0 spiro atoms. The molecule has 0 radical (unpaired) electrons. The standard InChI is InChI=1S/2C14H18O2/c1-8-5-11-13(12(15)6-8)9(2)7-10(3)14(11)16-4;1-8-5-11-9(2)7-10(3)14(16-4)13(11)12(15)6-8/h2*7-8H,5-6H2,1-4H3. The number of ketones is 2. The van der Waals surface area contributed by atoms with Crippen LogP contribution in [0.3, 0.4) is 0 Å². The maximum atomic E-state index is 12.1. The number of Topliss-reactive ketones (excluding diaryl/α,β-unsaturated/α-hetero) is 2. The third-order valence-corrected chi connectivity index (χ3v) is 6.70. The molecule has 0 saturated heterocycles. The predicted molar refractivity (Wildman–Crippen MR) is 129 cm³/mol. The van der Waals surface area contributed by atoms with Crippen LogP contribution in [0.5, 0.6) is 11.5 Å². The average Bonchev–Trinajstić information content (AvgIpc) is 2.69. The molecule has 2 aliphatic carbocycles. The molecule has 2 atom stereocenters. The number of fused-ring (bicyclic) bond motifs is 2. The Kier molecular flexibility index (Phi) is 7.12. The molecule has 2 aromatic rings. The Morgan fingerprint density at radius 3 is 1.66 bits per heavy atom. The molecule has 0 amide bonds. The van der Waals surface area contributed by atoms with E-state index in [-0.39, 0.29) is 11.6 Å². The molecule has 0 heterocycles. The van der Waals surface area contributed by atoms with E-state index in [0.29, 0.717) is 24.7 Å². The summed E-state index contributed by atoms with van der Waals surface area (Å²) < 4.78 is 10.8. The van der Waals surface area contributed by atoms with Crippen molar-refractivity contribution >= 4 is 11.6 Å². The lowest BCUT2D eigenvalue weighted by molar-refractivity contribution is 0.0942. The fourth-order valence-electron chi connectivity index (χ4n) is 5.43. The largest absolute Gasteiger partial charge is 0.496 e. The van der Waals surface area contributed by atoms with Gasteiger partial charge in [0.05, 0.1) is 19.8 Å². The summed E-state index contributed by atoms with van der Waals surface area (Å²) in [6, 6.07) is 4.16. The normalized spacial score (nSPS) is 19.5. The van der Waals surface area contributed by atoms with Gasteiger partial charge in [-0.05, 0) is 80.2 Å². The summed E-state index contributed by atoms with van der Waals surface area (Å²) in [4.78, 5) is 24.1. The molecule has 4 nitrogen and oxygen atoms in total. The van der Waals surface area contributed by atoms with Gasteiger partial charge in [-0.25, -0.2) is 0 Å². The molecule has 2 unspecified atom stereocenters. The Morgan fingerprint density at radius 2 is 1.09 bits per heavy atom. The number of aryl methyl sites for hydroxylation is 4. The number of carbonyl (C=O) groups is 2. The van der Waals surface area contributed by atoms with Crippen LogP contribution in [-0.2, 0) is 12.8 Å². The first-order valence-corrected chi connectivity index (χ1v) is 11.5. The molecule has 0 N–H and O–H groups in total. The number of hydrogen-bond donors (Lipinski definition) is 0.